The highest BCUT2D eigenvalue weighted by atomic mass is 35.6. The van der Waals surface area contributed by atoms with Gasteiger partial charge in [-0.05, 0) is 159 Å². The van der Waals surface area contributed by atoms with Crippen molar-refractivity contribution < 1.29 is 7.58 Å². The second kappa shape index (κ2) is 25.9. The van der Waals surface area contributed by atoms with Gasteiger partial charge in [-0.1, -0.05) is 199 Å². The predicted octanol–water partition coefficient (Wildman–Crippen LogP) is 16.5. The molecule has 0 saturated carbocycles. The van der Waals surface area contributed by atoms with Crippen molar-refractivity contribution in [2.45, 2.75) is 117 Å². The Hall–Kier alpha value is -4.84. The largest absolute Gasteiger partial charge is 0.999 e. The van der Waals surface area contributed by atoms with Gasteiger partial charge in [0.1, 0.15) is 0 Å². The summed E-state index contributed by atoms with van der Waals surface area (Å²) in [5.74, 6) is 1.46. The average molecular weight is 1030 g/mol. The van der Waals surface area contributed by atoms with E-state index in [0.29, 0.717) is 0 Å². The van der Waals surface area contributed by atoms with Crippen LogP contribution in [0.5, 0.6) is 11.5 Å². The van der Waals surface area contributed by atoms with E-state index in [9.17, 15) is 0 Å². The third-order valence-corrected chi connectivity index (χ3v) is 21.2. The zero-order chi connectivity index (χ0) is 50.3. The molecule has 0 unspecified atom stereocenters. The Morgan fingerprint density at radius 2 is 0.778 bits per heavy atom. The van der Waals surface area contributed by atoms with E-state index in [0.717, 1.165) is 96.0 Å². The first kappa shape index (κ1) is 53.5. The number of aliphatic imine (C=N–C) groups is 2. The SMILES string of the molecule is CCCCC(C)(CCCC)c1cc(C)c2c(c1)C=Nc1ccccc1N=Cc1cc(C(C)(CCCP(c3ccccc3)c3ccccc3)CCCP(c3ccccc3)c3ccccc3)cc(C)c1[O][Al]([Cl])[O]2. The number of unbranched alkanes of at least 4 members (excludes halogenated alkanes) is 2. The summed E-state index contributed by atoms with van der Waals surface area (Å²) in [5, 5.41) is 5.72. The number of hydrogen-bond acceptors (Lipinski definition) is 4. The van der Waals surface area contributed by atoms with Crippen molar-refractivity contribution in [3.8, 4) is 11.5 Å². The van der Waals surface area contributed by atoms with Gasteiger partial charge in [0.05, 0.1) is 22.9 Å². The fourth-order valence-corrected chi connectivity index (χ4v) is 16.7. The standard InChI is InChI=1S/C64H74N2O2P2.Al.ClH/c1-7-9-37-63(5,38-10-8-2)53-43-49(3)61(67)51(45-53)47-65-59-35-23-24-36-60(59)66-48-52-46-54(44-50(4)62(52)68)64(6,39-25-41-69(55-27-15-11-16-28-55)56-29-17-12-18-30-56)40-26-42-70(57-31-19-13-20-32-57)58-33-21-14-22-34-58;;/h11-24,27-36,43-48,67-68H,7-10,25-26,37-42H2,1-6H3;;1H/q;+3;/p-3. The molecule has 0 saturated heterocycles. The van der Waals surface area contributed by atoms with Gasteiger partial charge < -0.3 is 7.58 Å². The van der Waals surface area contributed by atoms with Crippen molar-refractivity contribution in [2.24, 2.45) is 9.98 Å². The lowest BCUT2D eigenvalue weighted by Gasteiger charge is -2.33. The van der Waals surface area contributed by atoms with Gasteiger partial charge in [0.15, 0.2) is 0 Å². The molecule has 0 bridgehead atoms. The lowest BCUT2D eigenvalue weighted by Crippen LogP contribution is -2.27. The van der Waals surface area contributed by atoms with E-state index >= 15 is 0 Å². The Balaban J connectivity index is 1.16. The fraction of sp³-hybridized carbons (Fsp3) is 0.312. The van der Waals surface area contributed by atoms with Crippen molar-refractivity contribution in [1.29, 1.82) is 0 Å². The minimum absolute atomic E-state index is 0.0401. The number of fused-ring (bicyclic) bond motifs is 3. The van der Waals surface area contributed by atoms with Gasteiger partial charge >= 0.3 is 13.9 Å². The third-order valence-electron chi connectivity index (χ3n) is 14.6. The minimum Gasteiger partial charge on any atom is -0.599 e. The number of para-hydroxylation sites is 2. The molecule has 72 heavy (non-hydrogen) atoms. The van der Waals surface area contributed by atoms with Crippen LogP contribution >= 0.6 is 25.9 Å². The van der Waals surface area contributed by atoms with E-state index in [2.05, 4.69) is 187 Å². The lowest BCUT2D eigenvalue weighted by molar-refractivity contribution is 0.373. The number of benzene rings is 7. The van der Waals surface area contributed by atoms with Gasteiger partial charge in [-0.25, -0.2) is 0 Å². The maximum Gasteiger partial charge on any atom is 0.999 e. The Morgan fingerprint density at radius 1 is 0.458 bits per heavy atom. The van der Waals surface area contributed by atoms with Crippen LogP contribution in [0.15, 0.2) is 180 Å². The van der Waals surface area contributed by atoms with Gasteiger partial charge in [-0.3, -0.25) is 9.98 Å². The van der Waals surface area contributed by atoms with Crippen LogP contribution in [0.1, 0.15) is 125 Å². The van der Waals surface area contributed by atoms with Crippen molar-refractivity contribution in [3.05, 3.63) is 203 Å². The summed E-state index contributed by atoms with van der Waals surface area (Å²) in [6.45, 7) is 13.8. The quantitative estimate of drug-likeness (QED) is 0.0564. The summed E-state index contributed by atoms with van der Waals surface area (Å²) in [7, 11) is 6.29. The second-order valence-corrected chi connectivity index (χ2v) is 26.9. The van der Waals surface area contributed by atoms with Gasteiger partial charge in [-0.15, -0.1) is 0 Å². The molecular formula is C64H72AlClN2O2P2. The molecule has 1 aliphatic heterocycles. The molecule has 4 nitrogen and oxygen atoms in total. The highest BCUT2D eigenvalue weighted by Crippen LogP contribution is 2.45. The van der Waals surface area contributed by atoms with E-state index in [-0.39, 0.29) is 10.8 Å². The maximum absolute atomic E-state index is 7.35. The monoisotopic (exact) mass is 1020 g/mol. The van der Waals surface area contributed by atoms with Crippen molar-refractivity contribution >= 4 is 84.8 Å². The van der Waals surface area contributed by atoms with Crippen LogP contribution < -0.4 is 28.8 Å². The van der Waals surface area contributed by atoms with Crippen LogP contribution in [0.4, 0.5) is 11.4 Å². The van der Waals surface area contributed by atoms with E-state index in [1.165, 1.54) is 58.0 Å². The molecule has 0 spiro atoms. The van der Waals surface area contributed by atoms with E-state index in [4.69, 9.17) is 27.6 Å². The summed E-state index contributed by atoms with van der Waals surface area (Å²) in [6, 6.07) is 62.0. The zero-order valence-corrected chi connectivity index (χ0v) is 47.1. The fourth-order valence-electron chi connectivity index (χ4n) is 10.4. The Labute approximate surface area is 443 Å². The first-order chi connectivity index (χ1) is 35.1. The van der Waals surface area contributed by atoms with Gasteiger partial charge in [0.25, 0.3) is 0 Å². The summed E-state index contributed by atoms with van der Waals surface area (Å²) in [4.78, 5) is 10.3. The predicted molar refractivity (Wildman–Crippen MR) is 316 cm³/mol. The number of rotatable bonds is 20. The van der Waals surface area contributed by atoms with Crippen LogP contribution in [-0.2, 0) is 10.8 Å². The lowest BCUT2D eigenvalue weighted by atomic mass is 9.73. The Kier molecular flexibility index (Phi) is 19.2. The molecule has 1 aliphatic rings. The topological polar surface area (TPSA) is 43.2 Å². The number of nitrogens with zero attached hydrogens (tertiary/aromatic N) is 2. The van der Waals surface area contributed by atoms with Crippen molar-refractivity contribution in [3.63, 3.8) is 0 Å². The number of hydrogen-bond donors (Lipinski definition) is 0. The molecule has 8 rings (SSSR count). The molecule has 7 aromatic rings. The molecule has 0 N–H and O–H groups in total. The zero-order valence-electron chi connectivity index (χ0n) is 43.4. The third kappa shape index (κ3) is 13.7. The smallest absolute Gasteiger partial charge is 0.599 e. The van der Waals surface area contributed by atoms with E-state index in [1.807, 2.05) is 36.7 Å². The molecule has 0 aliphatic carbocycles. The van der Waals surface area contributed by atoms with Gasteiger partial charge in [0.2, 0.25) is 0 Å². The molecule has 0 radical (unpaired) electrons. The molecule has 7 aromatic carbocycles. The van der Waals surface area contributed by atoms with E-state index in [1.54, 1.807) is 0 Å². The molecule has 8 heteroatoms. The first-order valence-corrected chi connectivity index (χ1v) is 32.0. The molecule has 0 aromatic heterocycles. The summed E-state index contributed by atoms with van der Waals surface area (Å²) in [6.07, 6.45) is 17.4. The molecule has 0 fully saturated rings. The molecule has 0 atom stereocenters. The van der Waals surface area contributed by atoms with Crippen LogP contribution in [0.2, 0.25) is 0 Å². The summed E-state index contributed by atoms with van der Waals surface area (Å²) in [5.41, 5.74) is 7.99. The van der Waals surface area contributed by atoms with Crippen molar-refractivity contribution in [1.82, 2.24) is 0 Å². The first-order valence-electron chi connectivity index (χ1n) is 26.3. The normalized spacial score (nSPS) is 12.8. The van der Waals surface area contributed by atoms with Crippen LogP contribution in [0.25, 0.3) is 0 Å². The second-order valence-electron chi connectivity index (χ2n) is 20.1. The summed E-state index contributed by atoms with van der Waals surface area (Å²) >= 11 is -2.85. The summed E-state index contributed by atoms with van der Waals surface area (Å²) < 4.78 is 13.7. The number of halogens is 1. The van der Waals surface area contributed by atoms with Gasteiger partial charge in [-0.2, -0.15) is 10.0 Å². The van der Waals surface area contributed by atoms with Crippen LogP contribution in [0, 0.1) is 13.8 Å². The van der Waals surface area contributed by atoms with Gasteiger partial charge in [0, 0.05) is 23.6 Å². The van der Waals surface area contributed by atoms with E-state index < -0.39 is 29.7 Å². The average Bonchev–Trinajstić information content (AvgIpc) is 3.42. The Bertz CT molecular complexity index is 2700. The highest BCUT2D eigenvalue weighted by Gasteiger charge is 2.36. The minimum atomic E-state index is -2.85. The maximum atomic E-state index is 7.35. The van der Waals surface area contributed by atoms with Crippen LogP contribution in [0.3, 0.4) is 0 Å². The molecular weight excluding hydrogens is 953 g/mol. The number of aryl methyl sites for hydroxylation is 2. The highest BCUT2D eigenvalue weighted by molar-refractivity contribution is 7.73. The van der Waals surface area contributed by atoms with Crippen molar-refractivity contribution in [2.75, 3.05) is 12.3 Å². The molecule has 0 amide bonds. The van der Waals surface area contributed by atoms with Crippen LogP contribution in [-0.4, -0.2) is 38.6 Å². The molecule has 1 heterocycles. The Morgan fingerprint density at radius 3 is 1.11 bits per heavy atom. The molecule has 370 valence electrons.